The molecule has 0 unspecified atom stereocenters. The number of likely N-dealkylation sites (N-methyl/N-ethyl adjacent to an activating group) is 2. The van der Waals surface area contributed by atoms with Gasteiger partial charge in [-0.15, -0.1) is 0 Å². The Bertz CT molecular complexity index is 3050. The Morgan fingerprint density at radius 3 is 1.82 bits per heavy atom. The smallest absolute Gasteiger partial charge is 0.410 e. The number of hydrogen-bond donors (Lipinski definition) is 8. The average Bonchev–Trinajstić information content (AvgIpc) is 1.79. The molecule has 2 aromatic carbocycles. The van der Waals surface area contributed by atoms with E-state index in [-0.39, 0.29) is 121 Å². The third-order valence-corrected chi connectivity index (χ3v) is 18.5. The lowest BCUT2D eigenvalue weighted by atomic mass is 9.89. The van der Waals surface area contributed by atoms with Crippen LogP contribution in [-0.4, -0.2) is 245 Å². The number of nitrogens with zero attached hydrogens (tertiary/aromatic N) is 4. The highest BCUT2D eigenvalue weighted by Gasteiger charge is 2.44. The second-order valence-electron chi connectivity index (χ2n) is 27.2. The molecule has 0 bridgehead atoms. The molecule has 12 atom stereocenters. The van der Waals surface area contributed by atoms with Gasteiger partial charge in [-0.05, 0) is 79.5 Å². The molecule has 0 radical (unpaired) electrons. The number of imide groups is 1. The quantitative estimate of drug-likeness (QED) is 0.0343. The Hall–Kier alpha value is -8.13. The summed E-state index contributed by atoms with van der Waals surface area (Å²) in [6.07, 6.45) is 1.24. The molecule has 0 spiro atoms. The second kappa shape index (κ2) is 45.2. The van der Waals surface area contributed by atoms with Crippen molar-refractivity contribution in [2.75, 3.05) is 106 Å². The molecule has 103 heavy (non-hydrogen) atoms. The molecule has 0 saturated carbocycles. The first-order valence-electron chi connectivity index (χ1n) is 35.7. The lowest BCUT2D eigenvalue weighted by Crippen LogP contribution is -2.60. The zero-order valence-corrected chi connectivity index (χ0v) is 62.6. The highest BCUT2D eigenvalue weighted by Crippen LogP contribution is 2.31. The van der Waals surface area contributed by atoms with E-state index < -0.39 is 126 Å². The molecule has 2 aromatic rings. The van der Waals surface area contributed by atoms with Gasteiger partial charge in [-0.3, -0.25) is 53.0 Å². The molecular formula is C73H115N11O19. The maximum atomic E-state index is 14.8. The van der Waals surface area contributed by atoms with Crippen LogP contribution in [0.15, 0.2) is 66.7 Å². The summed E-state index contributed by atoms with van der Waals surface area (Å²) in [7, 11) is 6.07. The summed E-state index contributed by atoms with van der Waals surface area (Å²) in [5.41, 5.74) is 6.78. The van der Waals surface area contributed by atoms with Crippen molar-refractivity contribution in [1.29, 1.82) is 0 Å². The van der Waals surface area contributed by atoms with E-state index in [1.54, 1.807) is 109 Å². The fraction of sp³-hybridized carbons (Fsp3) is 0.658. The number of rotatable bonds is 47. The van der Waals surface area contributed by atoms with Gasteiger partial charge >= 0.3 is 12.1 Å². The number of ether oxygens (including phenoxy) is 7. The summed E-state index contributed by atoms with van der Waals surface area (Å²) < 4.78 is 39.7. The number of likely N-dealkylation sites (tertiary alicyclic amines) is 1. The standard InChI is InChI=1S/C73H115N11O19/c1-15-48(8)64(56(97-13)43-60(88)83-33-20-24-55(83)66(98-14)49(9)67(90)76-50(10)65(89)52-21-17-16-18-22-52)81(11)71(94)62(46(4)5)80-70(93)63(47(6)7)82(12)73(96)103-44-51-25-27-53(28-26-51)77-68(91)54(23-19-32-75-72(74)95)78-69(92)61(45(2)3)79-57(85)31-35-99-37-39-101-41-42-102-40-38-100-36-34-84-58(86)29-30-59(84)87/h16-18,21-22,25-30,45-50,54-56,61-66,89H,15,19-20,23-24,31-44H2,1-14H3,(H,76,90)(H,77,91)(H,78,92)(H,79,85)(H,80,93)(H3,74,75,95)/t48-,49+,50+,54-,55-,56+,61-,62-,63-,64-,65+,66+/m0/s1. The minimum Gasteiger partial charge on any atom is -0.445 e. The first-order chi connectivity index (χ1) is 49.0. The van der Waals surface area contributed by atoms with Crippen LogP contribution in [0.2, 0.25) is 0 Å². The minimum absolute atomic E-state index is 0.0398. The summed E-state index contributed by atoms with van der Waals surface area (Å²) in [5.74, 6) is -6.15. The van der Waals surface area contributed by atoms with Crippen LogP contribution in [0.25, 0.3) is 0 Å². The maximum absolute atomic E-state index is 14.8. The molecule has 0 aromatic heterocycles. The summed E-state index contributed by atoms with van der Waals surface area (Å²) >= 11 is 0. The molecule has 2 aliphatic rings. The largest absolute Gasteiger partial charge is 0.445 e. The maximum Gasteiger partial charge on any atom is 0.410 e. The number of hydrogen-bond acceptors (Lipinski definition) is 19. The van der Waals surface area contributed by atoms with Crippen LogP contribution in [0.3, 0.4) is 0 Å². The SMILES string of the molecule is CC[C@H](C)[C@@H]([C@@H](CC(=O)N1CCC[C@H]1[C@H](OC)[C@@H](C)C(=O)N[C@H](C)[C@@H](O)c1ccccc1)OC)N(C)C(=O)[C@@H](NC(=O)[C@H](C(C)C)N(C)C(=O)OCc1ccc(NC(=O)[C@H](CCCNC(N)=O)NC(=O)[C@@H](NC(=O)CCOCCOCCOCCOCCN2C(=O)C=CC2=O)C(C)C)cc1)C(C)C. The zero-order valence-electron chi connectivity index (χ0n) is 62.6. The number of aliphatic hydroxyl groups excluding tert-OH is 1. The normalized spacial score (nSPS) is 16.9. The van der Waals surface area contributed by atoms with E-state index in [1.807, 2.05) is 32.0 Å². The van der Waals surface area contributed by atoms with Crippen LogP contribution in [0.5, 0.6) is 0 Å². The first kappa shape index (κ1) is 87.3. The Balaban J connectivity index is 1.30. The van der Waals surface area contributed by atoms with Gasteiger partial charge in [0.2, 0.25) is 41.4 Å². The molecule has 9 N–H and O–H groups in total. The zero-order chi connectivity index (χ0) is 76.5. The highest BCUT2D eigenvalue weighted by molar-refractivity contribution is 6.12. The van der Waals surface area contributed by atoms with Crippen LogP contribution in [0.1, 0.15) is 131 Å². The highest BCUT2D eigenvalue weighted by atomic mass is 16.6. The van der Waals surface area contributed by atoms with Gasteiger partial charge in [0.05, 0.1) is 108 Å². The van der Waals surface area contributed by atoms with Gasteiger partial charge in [0, 0.05) is 65.7 Å². The molecule has 12 amide bonds. The van der Waals surface area contributed by atoms with Crippen molar-refractivity contribution in [3.8, 4) is 0 Å². The lowest BCUT2D eigenvalue weighted by Gasteiger charge is -2.41. The average molecular weight is 1450 g/mol. The van der Waals surface area contributed by atoms with E-state index in [0.717, 1.165) is 4.90 Å². The molecule has 30 nitrogen and oxygen atoms in total. The van der Waals surface area contributed by atoms with Crippen molar-refractivity contribution in [2.45, 2.75) is 181 Å². The number of benzene rings is 2. The summed E-state index contributed by atoms with van der Waals surface area (Å²) in [4.78, 5) is 152. The van der Waals surface area contributed by atoms with E-state index in [1.165, 1.54) is 38.3 Å². The van der Waals surface area contributed by atoms with Crippen LogP contribution in [0.4, 0.5) is 15.3 Å². The molecule has 30 heteroatoms. The molecule has 2 aliphatic heterocycles. The number of amides is 12. The summed E-state index contributed by atoms with van der Waals surface area (Å²) in [6.45, 7) is 20.3. The molecule has 1 saturated heterocycles. The molecule has 2 heterocycles. The number of urea groups is 1. The number of nitrogens with two attached hydrogens (primary N) is 1. The van der Waals surface area contributed by atoms with Crippen molar-refractivity contribution >= 4 is 71.0 Å². The van der Waals surface area contributed by atoms with Gasteiger partial charge < -0.3 is 85.7 Å². The van der Waals surface area contributed by atoms with E-state index in [0.29, 0.717) is 49.2 Å². The van der Waals surface area contributed by atoms with Gasteiger partial charge in [0.15, 0.2) is 0 Å². The molecule has 4 rings (SSSR count). The van der Waals surface area contributed by atoms with Crippen LogP contribution >= 0.6 is 0 Å². The second-order valence-corrected chi connectivity index (χ2v) is 27.2. The molecule has 0 aliphatic carbocycles. The fourth-order valence-corrected chi connectivity index (χ4v) is 12.4. The van der Waals surface area contributed by atoms with Gasteiger partial charge in [0.1, 0.15) is 30.8 Å². The molecule has 576 valence electrons. The lowest BCUT2D eigenvalue weighted by molar-refractivity contribution is -0.148. The first-order valence-corrected chi connectivity index (χ1v) is 35.7. The number of primary amides is 1. The fourth-order valence-electron chi connectivity index (χ4n) is 12.4. The predicted molar refractivity (Wildman–Crippen MR) is 383 cm³/mol. The summed E-state index contributed by atoms with van der Waals surface area (Å²) in [6, 6.07) is 8.66. The number of carbonyl (C=O) groups is 11. The predicted octanol–water partition coefficient (Wildman–Crippen LogP) is 3.97. The van der Waals surface area contributed by atoms with Crippen LogP contribution in [0, 0.1) is 29.6 Å². The van der Waals surface area contributed by atoms with Crippen molar-refractivity contribution in [2.24, 2.45) is 35.3 Å². The Kier molecular flexibility index (Phi) is 38.3. The summed E-state index contributed by atoms with van der Waals surface area (Å²) in [5, 5.41) is 27.6. The van der Waals surface area contributed by atoms with Gasteiger partial charge in [-0.25, -0.2) is 9.59 Å². The number of anilines is 1. The Labute approximate surface area is 606 Å². The van der Waals surface area contributed by atoms with E-state index in [4.69, 9.17) is 38.9 Å². The third-order valence-electron chi connectivity index (χ3n) is 18.5. The van der Waals surface area contributed by atoms with Crippen molar-refractivity contribution in [3.05, 3.63) is 77.9 Å². The Morgan fingerprint density at radius 2 is 1.26 bits per heavy atom. The third kappa shape index (κ3) is 28.1. The molecular weight excluding hydrogens is 1330 g/mol. The monoisotopic (exact) mass is 1450 g/mol. The number of carbonyl (C=O) groups excluding carboxylic acids is 11. The van der Waals surface area contributed by atoms with Gasteiger partial charge in [0.25, 0.3) is 11.8 Å². The van der Waals surface area contributed by atoms with Crippen LogP contribution < -0.4 is 37.6 Å². The number of aliphatic hydroxyl groups is 1. The Morgan fingerprint density at radius 1 is 0.670 bits per heavy atom. The van der Waals surface area contributed by atoms with Crippen molar-refractivity contribution in [1.82, 2.24) is 46.2 Å². The topological polar surface area (TPSA) is 384 Å². The van der Waals surface area contributed by atoms with E-state index >= 15 is 0 Å². The number of methoxy groups -OCH3 is 2. The van der Waals surface area contributed by atoms with Crippen molar-refractivity contribution in [3.63, 3.8) is 0 Å². The van der Waals surface area contributed by atoms with Gasteiger partial charge in [-0.1, -0.05) is 111 Å². The minimum atomic E-state index is -1.13. The van der Waals surface area contributed by atoms with E-state index in [9.17, 15) is 57.8 Å². The van der Waals surface area contributed by atoms with E-state index in [2.05, 4.69) is 31.9 Å². The van der Waals surface area contributed by atoms with Crippen LogP contribution in [-0.2, 0) is 82.9 Å². The van der Waals surface area contributed by atoms with Crippen molar-refractivity contribution < 1.29 is 91.0 Å². The number of nitrogens with one attached hydrogen (secondary N) is 6. The molecule has 1 fully saturated rings. The van der Waals surface area contributed by atoms with Gasteiger partial charge in [-0.2, -0.15) is 0 Å².